The van der Waals surface area contributed by atoms with Gasteiger partial charge in [-0.15, -0.1) is 0 Å². The van der Waals surface area contributed by atoms with E-state index in [-0.39, 0.29) is 24.1 Å². The first kappa shape index (κ1) is 17.1. The van der Waals surface area contributed by atoms with Gasteiger partial charge in [-0.3, -0.25) is 4.79 Å². The third-order valence-corrected chi connectivity index (χ3v) is 3.85. The molecule has 0 unspecified atom stereocenters. The van der Waals surface area contributed by atoms with Crippen LogP contribution >= 0.6 is 11.6 Å². The van der Waals surface area contributed by atoms with Gasteiger partial charge in [0.2, 0.25) is 6.10 Å². The molecule has 3 rings (SSSR count). The third-order valence-electron chi connectivity index (χ3n) is 3.54. The zero-order chi connectivity index (χ0) is 17.8. The van der Waals surface area contributed by atoms with Gasteiger partial charge >= 0.3 is 5.97 Å². The van der Waals surface area contributed by atoms with Gasteiger partial charge in [0.25, 0.3) is 5.91 Å². The maximum atomic E-state index is 12.4. The summed E-state index contributed by atoms with van der Waals surface area (Å²) < 4.78 is 16.1. The summed E-state index contributed by atoms with van der Waals surface area (Å²) in [5.74, 6) is 0.254. The quantitative estimate of drug-likeness (QED) is 0.846. The number of rotatable bonds is 4. The molecule has 1 atom stereocenters. The molecular formula is C18H16ClNO5. The van der Waals surface area contributed by atoms with Crippen LogP contribution in [0.1, 0.15) is 17.3 Å². The van der Waals surface area contributed by atoms with Crippen molar-refractivity contribution >= 4 is 29.2 Å². The van der Waals surface area contributed by atoms with E-state index in [0.29, 0.717) is 22.7 Å². The second kappa shape index (κ2) is 7.44. The fourth-order valence-corrected chi connectivity index (χ4v) is 2.55. The Morgan fingerprint density at radius 1 is 1.24 bits per heavy atom. The molecule has 1 N–H and O–H groups in total. The summed E-state index contributed by atoms with van der Waals surface area (Å²) in [5.41, 5.74) is 0.693. The number of anilines is 1. The molecule has 0 aromatic heterocycles. The minimum absolute atomic E-state index is 0.0986. The molecule has 0 bridgehead atoms. The Bertz CT molecular complexity index is 808. The van der Waals surface area contributed by atoms with E-state index < -0.39 is 12.1 Å². The minimum atomic E-state index is -0.796. The molecule has 0 saturated carbocycles. The lowest BCUT2D eigenvalue weighted by molar-refractivity contribution is -0.125. The number of ether oxygens (including phenoxy) is 3. The molecule has 130 valence electrons. The lowest BCUT2D eigenvalue weighted by atomic mass is 10.2. The molecule has 1 aliphatic rings. The van der Waals surface area contributed by atoms with Gasteiger partial charge in [0.15, 0.2) is 11.5 Å². The Morgan fingerprint density at radius 3 is 2.72 bits per heavy atom. The number of carbonyl (C=O) groups is 2. The molecule has 25 heavy (non-hydrogen) atoms. The standard InChI is InChI=1S/C18H16ClNO5/c1-2-23-18(22)11-7-8-13(12(19)9-11)20-17(21)16-10-24-14-5-3-4-6-15(14)25-16/h3-9,16H,2,10H2,1H3,(H,20,21)/t16-/m0/s1. The minimum Gasteiger partial charge on any atom is -0.485 e. The van der Waals surface area contributed by atoms with Gasteiger partial charge < -0.3 is 19.5 Å². The van der Waals surface area contributed by atoms with E-state index in [1.807, 2.05) is 6.07 Å². The number of amides is 1. The van der Waals surface area contributed by atoms with Crippen molar-refractivity contribution in [3.63, 3.8) is 0 Å². The van der Waals surface area contributed by atoms with E-state index in [4.69, 9.17) is 25.8 Å². The Balaban J connectivity index is 1.68. The van der Waals surface area contributed by atoms with Crippen molar-refractivity contribution in [1.82, 2.24) is 0 Å². The third kappa shape index (κ3) is 3.85. The second-order valence-electron chi connectivity index (χ2n) is 5.27. The second-order valence-corrected chi connectivity index (χ2v) is 5.68. The van der Waals surface area contributed by atoms with Crippen LogP contribution < -0.4 is 14.8 Å². The summed E-state index contributed by atoms with van der Waals surface area (Å²) in [5, 5.41) is 2.91. The first-order valence-corrected chi connectivity index (χ1v) is 8.12. The molecule has 0 fully saturated rings. The predicted molar refractivity (Wildman–Crippen MR) is 92.4 cm³/mol. The first-order valence-electron chi connectivity index (χ1n) is 7.74. The molecule has 2 aromatic carbocycles. The van der Waals surface area contributed by atoms with E-state index in [1.54, 1.807) is 31.2 Å². The number of halogens is 1. The van der Waals surface area contributed by atoms with Crippen LogP contribution in [0.2, 0.25) is 5.02 Å². The summed E-state index contributed by atoms with van der Waals surface area (Å²) in [6, 6.07) is 11.7. The Hall–Kier alpha value is -2.73. The van der Waals surface area contributed by atoms with Crippen molar-refractivity contribution in [2.24, 2.45) is 0 Å². The number of carbonyl (C=O) groups excluding carboxylic acids is 2. The fourth-order valence-electron chi connectivity index (χ4n) is 2.32. The summed E-state index contributed by atoms with van der Waals surface area (Å²) in [4.78, 5) is 24.1. The van der Waals surface area contributed by atoms with Crippen LogP contribution in [0, 0.1) is 0 Å². The fraction of sp³-hybridized carbons (Fsp3) is 0.222. The number of benzene rings is 2. The van der Waals surface area contributed by atoms with Crippen molar-refractivity contribution in [2.75, 3.05) is 18.5 Å². The highest BCUT2D eigenvalue weighted by molar-refractivity contribution is 6.34. The molecule has 2 aromatic rings. The number of hydrogen-bond acceptors (Lipinski definition) is 5. The molecule has 0 spiro atoms. The van der Waals surface area contributed by atoms with Gasteiger partial charge in [-0.2, -0.15) is 0 Å². The number of nitrogens with one attached hydrogen (secondary N) is 1. The molecule has 7 heteroatoms. The topological polar surface area (TPSA) is 73.9 Å². The van der Waals surface area contributed by atoms with E-state index >= 15 is 0 Å². The van der Waals surface area contributed by atoms with Gasteiger partial charge in [-0.1, -0.05) is 23.7 Å². The number of hydrogen-bond donors (Lipinski definition) is 1. The SMILES string of the molecule is CCOC(=O)c1ccc(NC(=O)[C@@H]2COc3ccccc3O2)c(Cl)c1. The maximum Gasteiger partial charge on any atom is 0.338 e. The van der Waals surface area contributed by atoms with Crippen LogP contribution in [-0.4, -0.2) is 31.2 Å². The molecular weight excluding hydrogens is 346 g/mol. The van der Waals surface area contributed by atoms with Crippen LogP contribution in [0.15, 0.2) is 42.5 Å². The van der Waals surface area contributed by atoms with E-state index in [9.17, 15) is 9.59 Å². The van der Waals surface area contributed by atoms with E-state index in [2.05, 4.69) is 5.32 Å². The average molecular weight is 362 g/mol. The summed E-state index contributed by atoms with van der Waals surface area (Å²) in [6.07, 6.45) is -0.796. The van der Waals surface area contributed by atoms with Crippen LogP contribution in [0.4, 0.5) is 5.69 Å². The molecule has 1 aliphatic heterocycles. The number of para-hydroxylation sites is 2. The maximum absolute atomic E-state index is 12.4. The smallest absolute Gasteiger partial charge is 0.338 e. The predicted octanol–water partition coefficient (Wildman–Crippen LogP) is 3.30. The van der Waals surface area contributed by atoms with Crippen LogP contribution in [0.5, 0.6) is 11.5 Å². The van der Waals surface area contributed by atoms with Gasteiger partial charge in [-0.05, 0) is 37.3 Å². The van der Waals surface area contributed by atoms with Crippen molar-refractivity contribution in [3.05, 3.63) is 53.1 Å². The van der Waals surface area contributed by atoms with Crippen LogP contribution in [-0.2, 0) is 9.53 Å². The largest absolute Gasteiger partial charge is 0.485 e. The Kier molecular flexibility index (Phi) is 5.09. The summed E-state index contributed by atoms with van der Waals surface area (Å²) in [6.45, 7) is 2.09. The van der Waals surface area contributed by atoms with E-state index in [0.717, 1.165) is 0 Å². The van der Waals surface area contributed by atoms with Gasteiger partial charge in [0, 0.05) is 0 Å². The highest BCUT2D eigenvalue weighted by atomic mass is 35.5. The Labute approximate surface area is 149 Å². The highest BCUT2D eigenvalue weighted by Gasteiger charge is 2.27. The number of esters is 1. The van der Waals surface area contributed by atoms with Crippen molar-refractivity contribution < 1.29 is 23.8 Å². The van der Waals surface area contributed by atoms with Crippen molar-refractivity contribution in [1.29, 1.82) is 0 Å². The van der Waals surface area contributed by atoms with Crippen LogP contribution in [0.3, 0.4) is 0 Å². The van der Waals surface area contributed by atoms with Gasteiger partial charge in [0.1, 0.15) is 6.61 Å². The number of fused-ring (bicyclic) bond motifs is 1. The molecule has 0 aliphatic carbocycles. The average Bonchev–Trinajstić information content (AvgIpc) is 2.63. The first-order chi connectivity index (χ1) is 12.1. The van der Waals surface area contributed by atoms with Gasteiger partial charge in [0.05, 0.1) is 22.9 Å². The van der Waals surface area contributed by atoms with Crippen molar-refractivity contribution in [2.45, 2.75) is 13.0 Å². The molecule has 1 heterocycles. The zero-order valence-electron chi connectivity index (χ0n) is 13.5. The molecule has 1 amide bonds. The monoisotopic (exact) mass is 361 g/mol. The molecule has 6 nitrogen and oxygen atoms in total. The zero-order valence-corrected chi connectivity index (χ0v) is 14.2. The lowest BCUT2D eigenvalue weighted by Crippen LogP contribution is -2.40. The normalized spacial score (nSPS) is 15.4. The molecule has 0 saturated heterocycles. The van der Waals surface area contributed by atoms with Gasteiger partial charge in [-0.25, -0.2) is 4.79 Å². The van der Waals surface area contributed by atoms with Crippen molar-refractivity contribution in [3.8, 4) is 11.5 Å². The lowest BCUT2D eigenvalue weighted by Gasteiger charge is -2.25. The summed E-state index contributed by atoms with van der Waals surface area (Å²) in [7, 11) is 0. The highest BCUT2D eigenvalue weighted by Crippen LogP contribution is 2.31. The molecule has 0 radical (unpaired) electrons. The van der Waals surface area contributed by atoms with Crippen LogP contribution in [0.25, 0.3) is 0 Å². The summed E-state index contributed by atoms with van der Waals surface area (Å²) >= 11 is 6.14. The Morgan fingerprint density at radius 2 is 2.00 bits per heavy atom. The van der Waals surface area contributed by atoms with E-state index in [1.165, 1.54) is 12.1 Å².